The molecule has 0 aliphatic carbocycles. The van der Waals surface area contributed by atoms with Crippen molar-refractivity contribution in [3.63, 3.8) is 0 Å². The average Bonchev–Trinajstić information content (AvgIpc) is 2.39. The van der Waals surface area contributed by atoms with Crippen LogP contribution in [-0.2, 0) is 16.4 Å². The highest BCUT2D eigenvalue weighted by Gasteiger charge is 2.07. The first-order valence-corrected chi connectivity index (χ1v) is 7.28. The van der Waals surface area contributed by atoms with E-state index in [2.05, 4.69) is 9.97 Å². The first kappa shape index (κ1) is 13.4. The van der Waals surface area contributed by atoms with E-state index in [0.717, 1.165) is 6.26 Å². The van der Waals surface area contributed by atoms with Gasteiger partial charge in [-0.15, -0.1) is 0 Å². The topological polar surface area (TPSA) is 89.4 Å². The normalized spacial score (nSPS) is 11.3. The van der Waals surface area contributed by atoms with E-state index in [0.29, 0.717) is 11.4 Å². The van der Waals surface area contributed by atoms with Crippen molar-refractivity contribution in [1.29, 1.82) is 0 Å². The number of benzene rings is 1. The number of rotatable bonds is 4. The highest BCUT2D eigenvalue weighted by molar-refractivity contribution is 7.90. The summed E-state index contributed by atoms with van der Waals surface area (Å²) in [5, 5.41) is 8.82. The fourth-order valence-electron chi connectivity index (χ4n) is 1.35. The Labute approximate surface area is 110 Å². The van der Waals surface area contributed by atoms with E-state index in [9.17, 15) is 8.42 Å². The molecule has 0 fully saturated rings. The maximum atomic E-state index is 11.3. The standard InChI is InChI=1S/C12H12N2O4S/c1-19(16,17)11-4-2-10(3-5-11)18-12-7-13-9(8-15)6-14-12/h2-7,15H,8H2,1H3. The van der Waals surface area contributed by atoms with Gasteiger partial charge in [0, 0.05) is 6.26 Å². The quantitative estimate of drug-likeness (QED) is 0.904. The molecule has 0 atom stereocenters. The van der Waals surface area contributed by atoms with Crippen LogP contribution in [0.15, 0.2) is 41.6 Å². The van der Waals surface area contributed by atoms with Gasteiger partial charge in [-0.2, -0.15) is 0 Å². The molecule has 0 spiro atoms. The minimum atomic E-state index is -3.21. The lowest BCUT2D eigenvalue weighted by Gasteiger charge is -2.05. The van der Waals surface area contributed by atoms with Crippen LogP contribution >= 0.6 is 0 Å². The predicted octanol–water partition coefficient (Wildman–Crippen LogP) is 1.16. The smallest absolute Gasteiger partial charge is 0.237 e. The molecule has 6 nitrogen and oxygen atoms in total. The highest BCUT2D eigenvalue weighted by atomic mass is 32.2. The van der Waals surface area contributed by atoms with Crippen LogP contribution in [0.3, 0.4) is 0 Å². The van der Waals surface area contributed by atoms with Crippen LogP contribution in [0, 0.1) is 0 Å². The van der Waals surface area contributed by atoms with Crippen molar-refractivity contribution in [3.05, 3.63) is 42.4 Å². The molecule has 1 N–H and O–H groups in total. The summed E-state index contributed by atoms with van der Waals surface area (Å²) in [4.78, 5) is 8.09. The zero-order valence-electron chi connectivity index (χ0n) is 10.1. The lowest BCUT2D eigenvalue weighted by molar-refractivity contribution is 0.276. The predicted molar refractivity (Wildman–Crippen MR) is 67.6 cm³/mol. The second-order valence-corrected chi connectivity index (χ2v) is 5.87. The van der Waals surface area contributed by atoms with Crippen molar-refractivity contribution in [2.45, 2.75) is 11.5 Å². The molecule has 0 aliphatic rings. The summed E-state index contributed by atoms with van der Waals surface area (Å²) in [7, 11) is -3.21. The van der Waals surface area contributed by atoms with Crippen molar-refractivity contribution in [1.82, 2.24) is 9.97 Å². The van der Waals surface area contributed by atoms with Gasteiger partial charge in [0.05, 0.1) is 29.6 Å². The second-order valence-electron chi connectivity index (χ2n) is 3.85. The molecule has 1 aromatic heterocycles. The fraction of sp³-hybridized carbons (Fsp3) is 0.167. The molecule has 0 amide bonds. The van der Waals surface area contributed by atoms with E-state index in [1.165, 1.54) is 36.7 Å². The summed E-state index contributed by atoms with van der Waals surface area (Å²) in [6, 6.07) is 6.00. The molecule has 0 unspecified atom stereocenters. The summed E-state index contributed by atoms with van der Waals surface area (Å²) in [6.07, 6.45) is 3.93. The van der Waals surface area contributed by atoms with Gasteiger partial charge in [-0.3, -0.25) is 4.98 Å². The van der Waals surface area contributed by atoms with Gasteiger partial charge in [0.25, 0.3) is 0 Å². The number of sulfone groups is 1. The third-order valence-corrected chi connectivity index (χ3v) is 3.45. The van der Waals surface area contributed by atoms with Crippen molar-refractivity contribution >= 4 is 9.84 Å². The minimum absolute atomic E-state index is 0.184. The SMILES string of the molecule is CS(=O)(=O)c1ccc(Oc2cnc(CO)cn2)cc1. The Morgan fingerprint density at radius 3 is 2.32 bits per heavy atom. The summed E-state index contributed by atoms with van der Waals surface area (Å²) < 4.78 is 28.0. The Kier molecular flexibility index (Phi) is 3.77. The van der Waals surface area contributed by atoms with E-state index >= 15 is 0 Å². The first-order valence-electron chi connectivity index (χ1n) is 5.39. The number of aliphatic hydroxyl groups is 1. The Balaban J connectivity index is 2.15. The molecule has 0 radical (unpaired) electrons. The zero-order valence-corrected chi connectivity index (χ0v) is 11.0. The summed E-state index contributed by atoms with van der Waals surface area (Å²) in [5.74, 6) is 0.725. The van der Waals surface area contributed by atoms with Gasteiger partial charge in [0.1, 0.15) is 5.75 Å². The Hall–Kier alpha value is -1.99. The van der Waals surface area contributed by atoms with Crippen LogP contribution in [0.4, 0.5) is 0 Å². The van der Waals surface area contributed by atoms with Gasteiger partial charge >= 0.3 is 0 Å². The summed E-state index contributed by atoms with van der Waals surface area (Å²) in [6.45, 7) is -0.184. The van der Waals surface area contributed by atoms with Crippen molar-refractivity contribution in [2.75, 3.05) is 6.26 Å². The van der Waals surface area contributed by atoms with Gasteiger partial charge < -0.3 is 9.84 Å². The monoisotopic (exact) mass is 280 g/mol. The number of aromatic nitrogens is 2. The van der Waals surface area contributed by atoms with Crippen molar-refractivity contribution < 1.29 is 18.3 Å². The van der Waals surface area contributed by atoms with Crippen LogP contribution in [0.2, 0.25) is 0 Å². The Morgan fingerprint density at radius 1 is 1.16 bits per heavy atom. The van der Waals surface area contributed by atoms with E-state index < -0.39 is 9.84 Å². The van der Waals surface area contributed by atoms with Gasteiger partial charge in [-0.25, -0.2) is 13.4 Å². The Morgan fingerprint density at radius 2 is 1.84 bits per heavy atom. The number of hydrogen-bond acceptors (Lipinski definition) is 6. The van der Waals surface area contributed by atoms with Crippen LogP contribution in [-0.4, -0.2) is 29.7 Å². The molecule has 0 saturated heterocycles. The molecular formula is C12H12N2O4S. The molecular weight excluding hydrogens is 268 g/mol. The van der Waals surface area contributed by atoms with Crippen LogP contribution < -0.4 is 4.74 Å². The van der Waals surface area contributed by atoms with Crippen LogP contribution in [0.1, 0.15) is 5.69 Å². The summed E-state index contributed by atoms with van der Waals surface area (Å²) in [5.41, 5.74) is 0.444. The van der Waals surface area contributed by atoms with Gasteiger partial charge in [-0.05, 0) is 24.3 Å². The zero-order chi connectivity index (χ0) is 13.9. The number of ether oxygens (including phenoxy) is 1. The first-order chi connectivity index (χ1) is 8.99. The molecule has 2 aromatic rings. The van der Waals surface area contributed by atoms with Gasteiger partial charge in [0.2, 0.25) is 5.88 Å². The lowest BCUT2D eigenvalue weighted by Crippen LogP contribution is -1.97. The van der Waals surface area contributed by atoms with Crippen LogP contribution in [0.25, 0.3) is 0 Å². The molecule has 0 aliphatic heterocycles. The minimum Gasteiger partial charge on any atom is -0.438 e. The van der Waals surface area contributed by atoms with E-state index in [1.54, 1.807) is 0 Å². The molecule has 1 heterocycles. The van der Waals surface area contributed by atoms with Crippen LogP contribution in [0.5, 0.6) is 11.6 Å². The van der Waals surface area contributed by atoms with Gasteiger partial charge in [-0.1, -0.05) is 0 Å². The van der Waals surface area contributed by atoms with E-state index in [1.807, 2.05) is 0 Å². The third kappa shape index (κ3) is 3.49. The highest BCUT2D eigenvalue weighted by Crippen LogP contribution is 2.20. The summed E-state index contributed by atoms with van der Waals surface area (Å²) >= 11 is 0. The maximum Gasteiger partial charge on any atom is 0.237 e. The molecule has 19 heavy (non-hydrogen) atoms. The van der Waals surface area contributed by atoms with Crippen molar-refractivity contribution in [3.8, 4) is 11.6 Å². The molecule has 1 aromatic carbocycles. The molecule has 7 heteroatoms. The Bertz CT molecular complexity index is 651. The molecule has 0 saturated carbocycles. The van der Waals surface area contributed by atoms with E-state index in [-0.39, 0.29) is 17.4 Å². The number of nitrogens with zero attached hydrogens (tertiary/aromatic N) is 2. The fourth-order valence-corrected chi connectivity index (χ4v) is 1.98. The number of hydrogen-bond donors (Lipinski definition) is 1. The molecule has 2 rings (SSSR count). The molecule has 0 bridgehead atoms. The van der Waals surface area contributed by atoms with Gasteiger partial charge in [0.15, 0.2) is 9.84 Å². The lowest BCUT2D eigenvalue weighted by atomic mass is 10.3. The second kappa shape index (κ2) is 5.33. The largest absolute Gasteiger partial charge is 0.438 e. The van der Waals surface area contributed by atoms with E-state index in [4.69, 9.17) is 9.84 Å². The third-order valence-electron chi connectivity index (χ3n) is 2.32. The van der Waals surface area contributed by atoms with Crippen molar-refractivity contribution in [2.24, 2.45) is 0 Å². The molecule has 100 valence electrons. The number of aliphatic hydroxyl groups excluding tert-OH is 1. The average molecular weight is 280 g/mol. The maximum absolute atomic E-state index is 11.3.